The maximum atomic E-state index is 13.9. The monoisotopic (exact) mass is 1090 g/mol. The molecule has 292 valence electrons. The molecule has 0 aliphatic carbocycles. The third-order valence-corrected chi connectivity index (χ3v) is 11.0. The maximum Gasteiger partial charge on any atom is 0.340 e. The van der Waals surface area contributed by atoms with E-state index in [1.165, 1.54) is 60.7 Å². The molecule has 0 bridgehead atoms. The van der Waals surface area contributed by atoms with Gasteiger partial charge in [0.05, 0.1) is 27.8 Å². The second-order valence-electron chi connectivity index (χ2n) is 12.2. The predicted molar refractivity (Wildman–Crippen MR) is 223 cm³/mol. The lowest BCUT2D eigenvalue weighted by Gasteiger charge is -2.43. The van der Waals surface area contributed by atoms with Crippen LogP contribution >= 0.6 is 79.6 Å². The van der Waals surface area contributed by atoms with Gasteiger partial charge in [-0.3, -0.25) is 0 Å². The van der Waals surface area contributed by atoms with Gasteiger partial charge in [0.15, 0.2) is 12.2 Å². The fourth-order valence-corrected chi connectivity index (χ4v) is 6.75. The molecule has 0 N–H and O–H groups in total. The van der Waals surface area contributed by atoms with Crippen LogP contribution in [-0.4, -0.2) is 67.2 Å². The van der Waals surface area contributed by atoms with E-state index in [1.807, 2.05) is 0 Å². The zero-order chi connectivity index (χ0) is 40.6. The van der Waals surface area contributed by atoms with Crippen molar-refractivity contribution >= 4 is 109 Å². The lowest BCUT2D eigenvalue weighted by atomic mass is 9.97. The largest absolute Gasteiger partial charge is 0.459 e. The summed E-state index contributed by atoms with van der Waals surface area (Å²) in [5, 5.41) is 0. The van der Waals surface area contributed by atoms with Crippen LogP contribution in [0.3, 0.4) is 0 Å². The molecule has 0 saturated carbocycles. The Morgan fingerprint density at radius 1 is 0.386 bits per heavy atom. The number of benzene rings is 5. The number of esters is 5. The number of carbonyl (C=O) groups is 5. The number of halogens is 5. The summed E-state index contributed by atoms with van der Waals surface area (Å²) in [6.45, 7) is -0.598. The molecule has 1 fully saturated rings. The Morgan fingerprint density at radius 2 is 0.667 bits per heavy atom. The molecule has 57 heavy (non-hydrogen) atoms. The zero-order valence-electron chi connectivity index (χ0n) is 29.0. The zero-order valence-corrected chi connectivity index (χ0v) is 37.0. The fourth-order valence-electron chi connectivity index (χ4n) is 5.43. The molecule has 1 aliphatic heterocycles. The van der Waals surface area contributed by atoms with Crippen LogP contribution in [0, 0.1) is 0 Å². The second-order valence-corrected chi connectivity index (χ2v) is 16.8. The highest BCUT2D eigenvalue weighted by molar-refractivity contribution is 9.11. The van der Waals surface area contributed by atoms with Crippen LogP contribution in [0.5, 0.6) is 0 Å². The SMILES string of the molecule is O=C(OC[C@H]1O[C@H](OC(=O)c2ccc(Br)cc2)[C@H](OC(=O)c2ccc(Br)cc2)[C@@H](OC(=O)c2ccc(Br)cc2)[C@@H]1OC(=O)c1ccc(Br)cc1)c1ccc(Br)cc1. The van der Waals surface area contributed by atoms with Crippen molar-refractivity contribution < 1.29 is 52.4 Å². The summed E-state index contributed by atoms with van der Waals surface area (Å²) in [6, 6.07) is 31.2. The van der Waals surface area contributed by atoms with E-state index in [0.29, 0.717) is 17.9 Å². The predicted octanol–water partition coefficient (Wildman–Crippen LogP) is 9.91. The first-order valence-electron chi connectivity index (χ1n) is 16.8. The Bertz CT molecular complexity index is 2230. The van der Waals surface area contributed by atoms with Gasteiger partial charge in [0.25, 0.3) is 0 Å². The first kappa shape index (κ1) is 42.4. The van der Waals surface area contributed by atoms with Gasteiger partial charge >= 0.3 is 29.8 Å². The molecule has 5 aromatic rings. The van der Waals surface area contributed by atoms with Crippen molar-refractivity contribution in [3.63, 3.8) is 0 Å². The normalized spacial score (nSPS) is 18.8. The minimum Gasteiger partial charge on any atom is -0.459 e. The van der Waals surface area contributed by atoms with Gasteiger partial charge in [0, 0.05) is 22.4 Å². The van der Waals surface area contributed by atoms with Gasteiger partial charge in [-0.1, -0.05) is 79.6 Å². The van der Waals surface area contributed by atoms with Gasteiger partial charge in [-0.15, -0.1) is 0 Å². The van der Waals surface area contributed by atoms with E-state index >= 15 is 0 Å². The van der Waals surface area contributed by atoms with Crippen molar-refractivity contribution in [2.45, 2.75) is 30.7 Å². The molecule has 0 radical (unpaired) electrons. The van der Waals surface area contributed by atoms with Crippen molar-refractivity contribution in [1.29, 1.82) is 0 Å². The van der Waals surface area contributed by atoms with E-state index in [1.54, 1.807) is 60.7 Å². The van der Waals surface area contributed by atoms with Gasteiger partial charge in [-0.05, 0) is 121 Å². The van der Waals surface area contributed by atoms with Gasteiger partial charge in [0.2, 0.25) is 12.4 Å². The number of hydrogen-bond donors (Lipinski definition) is 0. The summed E-state index contributed by atoms with van der Waals surface area (Å²) in [5.74, 6) is -4.37. The first-order chi connectivity index (χ1) is 27.3. The average molecular weight is 1100 g/mol. The van der Waals surface area contributed by atoms with Gasteiger partial charge in [-0.2, -0.15) is 0 Å². The second kappa shape index (κ2) is 19.5. The molecule has 1 aliphatic rings. The van der Waals surface area contributed by atoms with Crippen LogP contribution in [0.25, 0.3) is 0 Å². The molecule has 0 amide bonds. The fraction of sp³-hybridized carbons (Fsp3) is 0.146. The Kier molecular flexibility index (Phi) is 14.5. The van der Waals surface area contributed by atoms with Crippen molar-refractivity contribution in [2.75, 3.05) is 6.61 Å². The van der Waals surface area contributed by atoms with Gasteiger partial charge in [0.1, 0.15) is 12.7 Å². The van der Waals surface area contributed by atoms with Gasteiger partial charge in [-0.25, -0.2) is 24.0 Å². The van der Waals surface area contributed by atoms with E-state index in [0.717, 1.165) is 4.47 Å². The summed E-state index contributed by atoms with van der Waals surface area (Å²) in [7, 11) is 0. The summed E-state index contributed by atoms with van der Waals surface area (Å²) in [4.78, 5) is 68.4. The third kappa shape index (κ3) is 11.3. The highest BCUT2D eigenvalue weighted by atomic mass is 79.9. The molecule has 0 aromatic heterocycles. The molecule has 1 saturated heterocycles. The Morgan fingerprint density at radius 3 is 1.02 bits per heavy atom. The topological polar surface area (TPSA) is 141 Å². The number of ether oxygens (including phenoxy) is 6. The minimum absolute atomic E-state index is 0.0855. The van der Waals surface area contributed by atoms with Crippen LogP contribution in [0.15, 0.2) is 144 Å². The number of carbonyl (C=O) groups excluding carboxylic acids is 5. The lowest BCUT2D eigenvalue weighted by molar-refractivity contribution is -0.282. The average Bonchev–Trinajstić information content (AvgIpc) is 3.20. The quantitative estimate of drug-likeness (QED) is 0.0922. The summed E-state index contributed by atoms with van der Waals surface area (Å²) >= 11 is 16.7. The van der Waals surface area contributed by atoms with Crippen molar-refractivity contribution in [1.82, 2.24) is 0 Å². The van der Waals surface area contributed by atoms with E-state index in [9.17, 15) is 24.0 Å². The molecule has 11 nitrogen and oxygen atoms in total. The van der Waals surface area contributed by atoms with Crippen LogP contribution in [0.4, 0.5) is 0 Å². The van der Waals surface area contributed by atoms with E-state index < -0.39 is 67.2 Å². The molecule has 5 atom stereocenters. The highest BCUT2D eigenvalue weighted by Crippen LogP contribution is 2.33. The molecule has 0 spiro atoms. The van der Waals surface area contributed by atoms with E-state index in [-0.39, 0.29) is 27.8 Å². The third-order valence-electron chi connectivity index (χ3n) is 8.32. The Hall–Kier alpha value is -4.19. The van der Waals surface area contributed by atoms with Crippen molar-refractivity contribution in [3.8, 4) is 0 Å². The maximum absolute atomic E-state index is 13.9. The minimum atomic E-state index is -1.80. The molecule has 5 aromatic carbocycles. The van der Waals surface area contributed by atoms with Crippen molar-refractivity contribution in [3.05, 3.63) is 172 Å². The summed E-state index contributed by atoms with van der Waals surface area (Å²) < 4.78 is 39.4. The summed E-state index contributed by atoms with van der Waals surface area (Å²) in [6.07, 6.45) is -8.35. The van der Waals surface area contributed by atoms with Crippen LogP contribution in [0.1, 0.15) is 51.8 Å². The smallest absolute Gasteiger partial charge is 0.340 e. The van der Waals surface area contributed by atoms with Crippen LogP contribution < -0.4 is 0 Å². The number of rotatable bonds is 11. The standard InChI is InChI=1S/C41H27Br5O11/c42-27-11-1-22(2-12-27)36(47)52-21-32-33(54-37(48)23-3-13-28(43)14-4-23)34(55-38(49)24-5-15-29(44)16-6-24)35(56-39(50)25-7-17-30(45)18-8-25)41(53-32)57-40(51)26-9-19-31(46)20-10-26/h1-20,32-35,41H,21H2/t32-,33-,34+,35-,41-/m1/s1. The lowest BCUT2D eigenvalue weighted by Crippen LogP contribution is -2.63. The summed E-state index contributed by atoms with van der Waals surface area (Å²) in [5.41, 5.74) is 0.569. The number of hydrogen-bond acceptors (Lipinski definition) is 11. The van der Waals surface area contributed by atoms with Gasteiger partial charge < -0.3 is 28.4 Å². The van der Waals surface area contributed by atoms with Crippen LogP contribution in [-0.2, 0) is 28.4 Å². The molecule has 16 heteroatoms. The molecule has 1 heterocycles. The van der Waals surface area contributed by atoms with Crippen LogP contribution in [0.2, 0.25) is 0 Å². The van der Waals surface area contributed by atoms with Crippen molar-refractivity contribution in [2.24, 2.45) is 0 Å². The molecule has 6 rings (SSSR count). The Labute approximate surface area is 367 Å². The molecular weight excluding hydrogens is 1070 g/mol. The van der Waals surface area contributed by atoms with E-state index in [4.69, 9.17) is 28.4 Å². The molecule has 0 unspecified atom stereocenters. The first-order valence-corrected chi connectivity index (χ1v) is 20.8. The van der Waals surface area contributed by atoms with E-state index in [2.05, 4.69) is 79.6 Å². The Balaban J connectivity index is 1.43. The molecular formula is C41H27Br5O11. The highest BCUT2D eigenvalue weighted by Gasteiger charge is 2.54.